The molecule has 0 unspecified atom stereocenters. The first-order valence-electron chi connectivity index (χ1n) is 9.16. The molecule has 2 aromatic carbocycles. The SMILES string of the molecule is Cc1ccc(NC(=O)N2CCC(NS(=O)(=O)c3ccc(F)cc3)CC2)cc1C. The average Bonchev–Trinajstić information content (AvgIpc) is 2.65. The van der Waals surface area contributed by atoms with Gasteiger partial charge in [0, 0.05) is 24.8 Å². The molecule has 1 fully saturated rings. The van der Waals surface area contributed by atoms with Crippen molar-refractivity contribution in [2.75, 3.05) is 18.4 Å². The Balaban J connectivity index is 1.54. The highest BCUT2D eigenvalue weighted by Crippen LogP contribution is 2.18. The molecule has 2 N–H and O–H groups in total. The number of sulfonamides is 1. The van der Waals surface area contributed by atoms with Gasteiger partial charge < -0.3 is 10.2 Å². The van der Waals surface area contributed by atoms with Gasteiger partial charge in [-0.15, -0.1) is 0 Å². The molecule has 0 atom stereocenters. The maximum Gasteiger partial charge on any atom is 0.321 e. The second-order valence-electron chi connectivity index (χ2n) is 7.07. The smallest absolute Gasteiger partial charge is 0.321 e. The Morgan fingerprint density at radius 3 is 2.29 bits per heavy atom. The number of carbonyl (C=O) groups is 1. The topological polar surface area (TPSA) is 78.5 Å². The molecule has 0 saturated carbocycles. The number of nitrogens with one attached hydrogen (secondary N) is 2. The Kier molecular flexibility index (Phi) is 6.00. The third-order valence-corrected chi connectivity index (χ3v) is 6.52. The van der Waals surface area contributed by atoms with E-state index in [9.17, 15) is 17.6 Å². The second-order valence-corrected chi connectivity index (χ2v) is 8.78. The van der Waals surface area contributed by atoms with Gasteiger partial charge in [-0.3, -0.25) is 0 Å². The number of hydrogen-bond donors (Lipinski definition) is 2. The molecule has 1 aliphatic rings. The van der Waals surface area contributed by atoms with Crippen LogP contribution in [0, 0.1) is 19.7 Å². The number of amides is 2. The zero-order chi connectivity index (χ0) is 20.3. The normalized spacial score (nSPS) is 15.5. The van der Waals surface area contributed by atoms with Crippen molar-refractivity contribution in [3.05, 3.63) is 59.4 Å². The maximum absolute atomic E-state index is 13.0. The summed E-state index contributed by atoms with van der Waals surface area (Å²) >= 11 is 0. The van der Waals surface area contributed by atoms with Crippen LogP contribution in [0.5, 0.6) is 0 Å². The van der Waals surface area contributed by atoms with E-state index < -0.39 is 15.8 Å². The third kappa shape index (κ3) is 4.88. The molecule has 28 heavy (non-hydrogen) atoms. The van der Waals surface area contributed by atoms with Gasteiger partial charge in [0.15, 0.2) is 0 Å². The van der Waals surface area contributed by atoms with E-state index in [1.807, 2.05) is 32.0 Å². The van der Waals surface area contributed by atoms with Crippen LogP contribution in [-0.2, 0) is 10.0 Å². The van der Waals surface area contributed by atoms with Crippen molar-refractivity contribution >= 4 is 21.7 Å². The largest absolute Gasteiger partial charge is 0.324 e. The van der Waals surface area contributed by atoms with Crippen molar-refractivity contribution < 1.29 is 17.6 Å². The highest BCUT2D eigenvalue weighted by Gasteiger charge is 2.26. The van der Waals surface area contributed by atoms with Crippen molar-refractivity contribution in [3.63, 3.8) is 0 Å². The zero-order valence-electron chi connectivity index (χ0n) is 15.9. The maximum atomic E-state index is 13.0. The third-order valence-electron chi connectivity index (χ3n) is 4.99. The molecule has 0 spiro atoms. The number of piperidine rings is 1. The van der Waals surface area contributed by atoms with Gasteiger partial charge in [-0.25, -0.2) is 22.3 Å². The van der Waals surface area contributed by atoms with Crippen molar-refractivity contribution in [2.24, 2.45) is 0 Å². The van der Waals surface area contributed by atoms with Crippen LogP contribution < -0.4 is 10.0 Å². The number of carbonyl (C=O) groups excluding carboxylic acids is 1. The molecule has 1 aliphatic heterocycles. The monoisotopic (exact) mass is 405 g/mol. The van der Waals surface area contributed by atoms with Crippen molar-refractivity contribution in [1.82, 2.24) is 9.62 Å². The molecule has 0 aromatic heterocycles. The van der Waals surface area contributed by atoms with E-state index in [1.54, 1.807) is 4.90 Å². The van der Waals surface area contributed by atoms with Gasteiger partial charge in [-0.1, -0.05) is 6.07 Å². The summed E-state index contributed by atoms with van der Waals surface area (Å²) in [6.07, 6.45) is 1.03. The number of benzene rings is 2. The van der Waals surface area contributed by atoms with E-state index in [-0.39, 0.29) is 17.0 Å². The van der Waals surface area contributed by atoms with E-state index in [1.165, 1.54) is 12.1 Å². The summed E-state index contributed by atoms with van der Waals surface area (Å²) in [7, 11) is -3.71. The number of rotatable bonds is 4. The van der Waals surface area contributed by atoms with Crippen LogP contribution in [0.3, 0.4) is 0 Å². The minimum Gasteiger partial charge on any atom is -0.324 e. The lowest BCUT2D eigenvalue weighted by Crippen LogP contribution is -2.47. The van der Waals surface area contributed by atoms with E-state index in [0.717, 1.165) is 28.9 Å². The Labute approximate surface area is 164 Å². The molecule has 2 aromatic rings. The summed E-state index contributed by atoms with van der Waals surface area (Å²) in [6.45, 7) is 4.91. The molecule has 1 saturated heterocycles. The summed E-state index contributed by atoms with van der Waals surface area (Å²) in [6, 6.07) is 10.0. The predicted molar refractivity (Wildman–Crippen MR) is 106 cm³/mol. The fraction of sp³-hybridized carbons (Fsp3) is 0.350. The van der Waals surface area contributed by atoms with E-state index in [0.29, 0.717) is 25.9 Å². The molecule has 1 heterocycles. The molecule has 150 valence electrons. The highest BCUT2D eigenvalue weighted by molar-refractivity contribution is 7.89. The van der Waals surface area contributed by atoms with Crippen molar-refractivity contribution in [2.45, 2.75) is 37.6 Å². The zero-order valence-corrected chi connectivity index (χ0v) is 16.7. The number of hydrogen-bond acceptors (Lipinski definition) is 3. The van der Waals surface area contributed by atoms with Crippen LogP contribution in [-0.4, -0.2) is 38.5 Å². The Hall–Kier alpha value is -2.45. The summed E-state index contributed by atoms with van der Waals surface area (Å²) in [5, 5.41) is 2.89. The second kappa shape index (κ2) is 8.28. The van der Waals surface area contributed by atoms with E-state index in [2.05, 4.69) is 10.0 Å². The fourth-order valence-corrected chi connectivity index (χ4v) is 4.43. The lowest BCUT2D eigenvalue weighted by molar-refractivity contribution is 0.193. The summed E-state index contributed by atoms with van der Waals surface area (Å²) in [4.78, 5) is 14.2. The molecular weight excluding hydrogens is 381 g/mol. The minimum absolute atomic E-state index is 0.0313. The van der Waals surface area contributed by atoms with Crippen LogP contribution >= 0.6 is 0 Å². The van der Waals surface area contributed by atoms with Gasteiger partial charge in [0.05, 0.1) is 4.90 Å². The minimum atomic E-state index is -3.71. The first-order valence-corrected chi connectivity index (χ1v) is 10.6. The highest BCUT2D eigenvalue weighted by atomic mass is 32.2. The van der Waals surface area contributed by atoms with Gasteiger partial charge in [0.25, 0.3) is 0 Å². The molecule has 3 rings (SSSR count). The average molecular weight is 405 g/mol. The van der Waals surface area contributed by atoms with Crippen molar-refractivity contribution in [3.8, 4) is 0 Å². The Bertz CT molecular complexity index is 953. The predicted octanol–water partition coefficient (Wildman–Crippen LogP) is 3.42. The van der Waals surface area contributed by atoms with Gasteiger partial charge in [0.1, 0.15) is 5.82 Å². The Morgan fingerprint density at radius 2 is 1.68 bits per heavy atom. The first-order chi connectivity index (χ1) is 13.2. The molecular formula is C20H24FN3O3S. The molecule has 2 amide bonds. The lowest BCUT2D eigenvalue weighted by atomic mass is 10.1. The number of nitrogens with zero attached hydrogens (tertiary/aromatic N) is 1. The van der Waals surface area contributed by atoms with Gasteiger partial charge in [0.2, 0.25) is 10.0 Å². The summed E-state index contributed by atoms with van der Waals surface area (Å²) in [5.41, 5.74) is 3.01. The van der Waals surface area contributed by atoms with Crippen LogP contribution in [0.1, 0.15) is 24.0 Å². The lowest BCUT2D eigenvalue weighted by Gasteiger charge is -2.32. The summed E-state index contributed by atoms with van der Waals surface area (Å²) in [5.74, 6) is -0.484. The molecule has 6 nitrogen and oxygen atoms in total. The Morgan fingerprint density at radius 1 is 1.04 bits per heavy atom. The fourth-order valence-electron chi connectivity index (χ4n) is 3.12. The number of urea groups is 1. The number of anilines is 1. The molecule has 8 heteroatoms. The quantitative estimate of drug-likeness (QED) is 0.818. The molecule has 0 bridgehead atoms. The molecule has 0 radical (unpaired) electrons. The van der Waals surface area contributed by atoms with Crippen molar-refractivity contribution in [1.29, 1.82) is 0 Å². The standard InChI is InChI=1S/C20H24FN3O3S/c1-14-3-6-18(13-15(14)2)22-20(25)24-11-9-17(10-12-24)23-28(26,27)19-7-4-16(21)5-8-19/h3-8,13,17,23H,9-12H2,1-2H3,(H,22,25). The van der Waals surface area contributed by atoms with E-state index >= 15 is 0 Å². The number of likely N-dealkylation sites (tertiary alicyclic amines) is 1. The molecule has 0 aliphatic carbocycles. The summed E-state index contributed by atoms with van der Waals surface area (Å²) < 4.78 is 40.4. The van der Waals surface area contributed by atoms with Crippen LogP contribution in [0.25, 0.3) is 0 Å². The van der Waals surface area contributed by atoms with Crippen LogP contribution in [0.15, 0.2) is 47.4 Å². The first kappa shape index (κ1) is 20.3. The number of aryl methyl sites for hydroxylation is 2. The van der Waals surface area contributed by atoms with Gasteiger partial charge in [-0.2, -0.15) is 0 Å². The number of halogens is 1. The van der Waals surface area contributed by atoms with Gasteiger partial charge in [-0.05, 0) is 74.2 Å². The van der Waals surface area contributed by atoms with Gasteiger partial charge >= 0.3 is 6.03 Å². The van der Waals surface area contributed by atoms with E-state index in [4.69, 9.17) is 0 Å². The van der Waals surface area contributed by atoms with Crippen LogP contribution in [0.2, 0.25) is 0 Å². The van der Waals surface area contributed by atoms with Crippen LogP contribution in [0.4, 0.5) is 14.9 Å².